The summed E-state index contributed by atoms with van der Waals surface area (Å²) in [5.74, 6) is 0. The van der Waals surface area contributed by atoms with Gasteiger partial charge in [0.2, 0.25) is 0 Å². The molecule has 1 rings (SSSR count). The average molecular weight is 171 g/mol. The van der Waals surface area contributed by atoms with Crippen molar-refractivity contribution in [3.63, 3.8) is 0 Å². The number of benzene rings is 1. The lowest BCUT2D eigenvalue weighted by Gasteiger charge is -2.00. The first kappa shape index (κ1) is 8.24. The number of hydrogen-bond acceptors (Lipinski definition) is 1. The molecule has 0 amide bonds. The second-order valence-corrected chi connectivity index (χ2v) is 2.64. The minimum Gasteiger partial charge on any atom is -0.344 e. The summed E-state index contributed by atoms with van der Waals surface area (Å²) in [6, 6.07) is 8.81. The lowest BCUT2D eigenvalue weighted by atomic mass is 10.1. The molecule has 1 aromatic rings. The Hall–Kier alpha value is -0.860. The second kappa shape index (κ2) is 3.51. The van der Waals surface area contributed by atoms with Gasteiger partial charge in [0.25, 0.3) is 5.24 Å². The van der Waals surface area contributed by atoms with Gasteiger partial charge in [-0.2, -0.15) is 0 Å². The van der Waals surface area contributed by atoms with Crippen molar-refractivity contribution in [2.45, 2.75) is 6.04 Å². The molecule has 0 spiro atoms. The molecule has 0 radical (unpaired) electrons. The third kappa shape index (κ3) is 2.03. The van der Waals surface area contributed by atoms with E-state index in [1.807, 2.05) is 30.3 Å². The number of halogens is 1. The Bertz CT molecular complexity index is 248. The fourth-order valence-electron chi connectivity index (χ4n) is 0.816. The van der Waals surface area contributed by atoms with Crippen molar-refractivity contribution in [3.05, 3.63) is 35.9 Å². The van der Waals surface area contributed by atoms with Crippen LogP contribution in [0.4, 0.5) is 0 Å². The molecule has 0 unspecified atom stereocenters. The topological polar surface area (TPSA) is 44.7 Å². The monoisotopic (exact) mass is 170 g/mol. The molecule has 3 N–H and O–H groups in total. The van der Waals surface area contributed by atoms with Crippen molar-refractivity contribution in [3.8, 4) is 0 Å². The molecule has 1 atom stereocenters. The molecule has 0 fully saturated rings. The van der Waals surface area contributed by atoms with E-state index >= 15 is 0 Å². The highest BCUT2D eigenvalue weighted by atomic mass is 35.5. The van der Waals surface area contributed by atoms with Crippen LogP contribution in [0.1, 0.15) is 11.6 Å². The largest absolute Gasteiger partial charge is 0.344 e. The summed E-state index contributed by atoms with van der Waals surface area (Å²) in [6.07, 6.45) is 0. The summed E-state index contributed by atoms with van der Waals surface area (Å²) in [4.78, 5) is 10.6. The van der Waals surface area contributed by atoms with E-state index in [1.54, 1.807) is 0 Å². The molecule has 0 aromatic heterocycles. The Labute approximate surface area is 70.0 Å². The van der Waals surface area contributed by atoms with Gasteiger partial charge in [-0.3, -0.25) is 4.79 Å². The van der Waals surface area contributed by atoms with Crippen LogP contribution in [-0.2, 0) is 4.79 Å². The summed E-state index contributed by atoms with van der Waals surface area (Å²) in [5.41, 5.74) is 4.48. The van der Waals surface area contributed by atoms with Gasteiger partial charge in [0, 0.05) is 5.56 Å². The molecule has 0 aliphatic rings. The van der Waals surface area contributed by atoms with E-state index < -0.39 is 11.3 Å². The molecule has 11 heavy (non-hydrogen) atoms. The highest BCUT2D eigenvalue weighted by Gasteiger charge is 2.15. The maximum atomic E-state index is 10.6. The van der Waals surface area contributed by atoms with Crippen LogP contribution >= 0.6 is 11.6 Å². The first-order valence-corrected chi connectivity index (χ1v) is 3.67. The number of carbonyl (C=O) groups excluding carboxylic acids is 1. The Kier molecular flexibility index (Phi) is 2.63. The van der Waals surface area contributed by atoms with Gasteiger partial charge in [-0.1, -0.05) is 30.3 Å². The molecule has 58 valence electrons. The van der Waals surface area contributed by atoms with E-state index in [-0.39, 0.29) is 0 Å². The lowest BCUT2D eigenvalue weighted by Crippen LogP contribution is -2.56. The first-order valence-electron chi connectivity index (χ1n) is 3.29. The average Bonchev–Trinajstić information content (AvgIpc) is 2.05. The lowest BCUT2D eigenvalue weighted by molar-refractivity contribution is -0.407. The predicted molar refractivity (Wildman–Crippen MR) is 42.9 cm³/mol. The summed E-state index contributed by atoms with van der Waals surface area (Å²) in [7, 11) is 0. The SMILES string of the molecule is [NH3+][C@@H](C(=O)Cl)c1ccccc1. The van der Waals surface area contributed by atoms with Crippen molar-refractivity contribution < 1.29 is 10.5 Å². The van der Waals surface area contributed by atoms with Gasteiger partial charge in [-0.05, 0) is 11.6 Å². The van der Waals surface area contributed by atoms with Crippen LogP contribution in [-0.4, -0.2) is 5.24 Å². The van der Waals surface area contributed by atoms with Crippen LogP contribution in [0.25, 0.3) is 0 Å². The third-order valence-electron chi connectivity index (χ3n) is 1.48. The number of rotatable bonds is 2. The van der Waals surface area contributed by atoms with Crippen molar-refractivity contribution in [1.29, 1.82) is 0 Å². The van der Waals surface area contributed by atoms with Crippen LogP contribution in [0.3, 0.4) is 0 Å². The van der Waals surface area contributed by atoms with Gasteiger partial charge in [-0.25, -0.2) is 0 Å². The zero-order valence-electron chi connectivity index (χ0n) is 5.96. The molecule has 3 heteroatoms. The smallest absolute Gasteiger partial charge is 0.283 e. The third-order valence-corrected chi connectivity index (χ3v) is 1.74. The Balaban J connectivity index is 2.85. The molecule has 1 aromatic carbocycles. The molecular weight excluding hydrogens is 162 g/mol. The quantitative estimate of drug-likeness (QED) is 0.654. The molecule has 0 aliphatic heterocycles. The summed E-state index contributed by atoms with van der Waals surface area (Å²) in [6.45, 7) is 0. The zero-order valence-corrected chi connectivity index (χ0v) is 6.71. The van der Waals surface area contributed by atoms with Gasteiger partial charge in [-0.15, -0.1) is 0 Å². The highest BCUT2D eigenvalue weighted by Crippen LogP contribution is 2.09. The maximum Gasteiger partial charge on any atom is 0.283 e. The molecule has 2 nitrogen and oxygen atoms in total. The Morgan fingerprint density at radius 2 is 1.91 bits per heavy atom. The normalized spacial score (nSPS) is 12.5. The van der Waals surface area contributed by atoms with Gasteiger partial charge >= 0.3 is 0 Å². The van der Waals surface area contributed by atoms with E-state index in [2.05, 4.69) is 5.73 Å². The minimum atomic E-state index is -0.446. The summed E-state index contributed by atoms with van der Waals surface area (Å²) in [5, 5.41) is -0.420. The van der Waals surface area contributed by atoms with Crippen LogP contribution in [0, 0.1) is 0 Å². The van der Waals surface area contributed by atoms with Gasteiger partial charge in [0.1, 0.15) is 0 Å². The van der Waals surface area contributed by atoms with Crippen molar-refractivity contribution in [1.82, 2.24) is 0 Å². The predicted octanol–water partition coefficient (Wildman–Crippen LogP) is 0.735. The van der Waals surface area contributed by atoms with E-state index in [1.165, 1.54) is 0 Å². The van der Waals surface area contributed by atoms with E-state index in [4.69, 9.17) is 11.6 Å². The summed E-state index contributed by atoms with van der Waals surface area (Å²) >= 11 is 5.26. The molecule has 0 heterocycles. The second-order valence-electron chi connectivity index (χ2n) is 2.27. The molecule has 0 saturated heterocycles. The van der Waals surface area contributed by atoms with Crippen molar-refractivity contribution in [2.75, 3.05) is 0 Å². The van der Waals surface area contributed by atoms with Crippen LogP contribution in [0.2, 0.25) is 0 Å². The maximum absolute atomic E-state index is 10.6. The Morgan fingerprint density at radius 1 is 1.36 bits per heavy atom. The molecular formula is C8H9ClNO+. The first-order chi connectivity index (χ1) is 5.22. The van der Waals surface area contributed by atoms with E-state index in [9.17, 15) is 4.79 Å². The molecule has 0 saturated carbocycles. The van der Waals surface area contributed by atoms with Crippen LogP contribution in [0.15, 0.2) is 30.3 Å². The van der Waals surface area contributed by atoms with E-state index in [0.29, 0.717) is 0 Å². The summed E-state index contributed by atoms with van der Waals surface area (Å²) < 4.78 is 0. The van der Waals surface area contributed by atoms with E-state index in [0.717, 1.165) is 5.56 Å². The fraction of sp³-hybridized carbons (Fsp3) is 0.125. The molecule has 0 bridgehead atoms. The van der Waals surface area contributed by atoms with Crippen molar-refractivity contribution >= 4 is 16.8 Å². The van der Waals surface area contributed by atoms with Crippen LogP contribution in [0.5, 0.6) is 0 Å². The highest BCUT2D eigenvalue weighted by molar-refractivity contribution is 6.64. The minimum absolute atomic E-state index is 0.420. The number of quaternary nitrogens is 1. The fourth-order valence-corrected chi connectivity index (χ4v) is 0.942. The number of carbonyl (C=O) groups is 1. The Morgan fingerprint density at radius 3 is 2.36 bits per heavy atom. The standard InChI is InChI=1S/C8H8ClNO/c9-8(11)7(10)6-4-2-1-3-5-6/h1-5,7H,10H2/p+1/t7-/m1/s1. The van der Waals surface area contributed by atoms with Crippen LogP contribution < -0.4 is 5.73 Å². The number of hydrogen-bond donors (Lipinski definition) is 1. The van der Waals surface area contributed by atoms with Crippen molar-refractivity contribution in [2.24, 2.45) is 0 Å². The zero-order chi connectivity index (χ0) is 8.27. The van der Waals surface area contributed by atoms with Gasteiger partial charge in [0.15, 0.2) is 6.04 Å². The van der Waals surface area contributed by atoms with Gasteiger partial charge in [0.05, 0.1) is 0 Å². The molecule has 0 aliphatic carbocycles. The van der Waals surface area contributed by atoms with Gasteiger partial charge < -0.3 is 5.73 Å².